The molecule has 2 aromatic rings. The molecule has 7 nitrogen and oxygen atoms in total. The predicted octanol–water partition coefficient (Wildman–Crippen LogP) is 1.93. The molecule has 0 fully saturated rings. The first-order chi connectivity index (χ1) is 9.40. The van der Waals surface area contributed by atoms with Crippen molar-refractivity contribution in [1.82, 2.24) is 9.36 Å². The van der Waals surface area contributed by atoms with Crippen LogP contribution in [0.4, 0.5) is 5.00 Å². The van der Waals surface area contributed by atoms with Gasteiger partial charge in [-0.3, -0.25) is 9.59 Å². The standard InChI is InChI=1S/C12H11N3O4S/c1-5-9(12(18)19)11(20-15-5)14-10(17)8-3-7(4-13-8)6(2)16/h3-4,13H,1-2H3,(H,14,17)(H,18,19). The molecule has 0 aromatic carbocycles. The Morgan fingerprint density at radius 3 is 2.65 bits per heavy atom. The van der Waals surface area contributed by atoms with E-state index in [1.54, 1.807) is 6.92 Å². The van der Waals surface area contributed by atoms with Crippen molar-refractivity contribution in [1.29, 1.82) is 0 Å². The van der Waals surface area contributed by atoms with E-state index in [0.717, 1.165) is 11.5 Å². The fraction of sp³-hybridized carbons (Fsp3) is 0.167. The second-order valence-electron chi connectivity index (χ2n) is 4.09. The van der Waals surface area contributed by atoms with Crippen LogP contribution in [0.3, 0.4) is 0 Å². The van der Waals surface area contributed by atoms with Gasteiger partial charge in [0, 0.05) is 11.8 Å². The zero-order valence-electron chi connectivity index (χ0n) is 10.7. The number of nitrogens with zero attached hydrogens (tertiary/aromatic N) is 1. The number of carbonyl (C=O) groups is 3. The summed E-state index contributed by atoms with van der Waals surface area (Å²) in [6.07, 6.45) is 1.42. The number of amides is 1. The van der Waals surface area contributed by atoms with Crippen molar-refractivity contribution < 1.29 is 19.5 Å². The van der Waals surface area contributed by atoms with Gasteiger partial charge in [-0.2, -0.15) is 4.37 Å². The van der Waals surface area contributed by atoms with E-state index in [1.165, 1.54) is 19.2 Å². The fourth-order valence-corrected chi connectivity index (χ4v) is 2.39. The fourth-order valence-electron chi connectivity index (χ4n) is 1.61. The van der Waals surface area contributed by atoms with Crippen LogP contribution in [0.25, 0.3) is 0 Å². The number of carboxylic acid groups (broad SMARTS) is 1. The van der Waals surface area contributed by atoms with Gasteiger partial charge in [0.2, 0.25) is 0 Å². The highest BCUT2D eigenvalue weighted by atomic mass is 32.1. The lowest BCUT2D eigenvalue weighted by Crippen LogP contribution is -2.13. The molecule has 0 aliphatic heterocycles. The second-order valence-corrected chi connectivity index (χ2v) is 4.86. The molecule has 2 aromatic heterocycles. The largest absolute Gasteiger partial charge is 0.478 e. The Hall–Kier alpha value is -2.48. The quantitative estimate of drug-likeness (QED) is 0.746. The van der Waals surface area contributed by atoms with E-state index in [0.29, 0.717) is 11.3 Å². The number of H-pyrrole nitrogens is 1. The second kappa shape index (κ2) is 5.25. The van der Waals surface area contributed by atoms with Crippen LogP contribution in [-0.4, -0.2) is 32.1 Å². The van der Waals surface area contributed by atoms with Crippen LogP contribution in [-0.2, 0) is 0 Å². The summed E-state index contributed by atoms with van der Waals surface area (Å²) < 4.78 is 3.90. The Labute approximate surface area is 117 Å². The molecule has 1 amide bonds. The van der Waals surface area contributed by atoms with E-state index in [4.69, 9.17) is 5.11 Å². The van der Waals surface area contributed by atoms with Crippen LogP contribution in [0.2, 0.25) is 0 Å². The van der Waals surface area contributed by atoms with Crippen LogP contribution in [0.15, 0.2) is 12.3 Å². The lowest BCUT2D eigenvalue weighted by Gasteiger charge is -2.01. The number of ketones is 1. The van der Waals surface area contributed by atoms with Gasteiger partial charge >= 0.3 is 5.97 Å². The van der Waals surface area contributed by atoms with Gasteiger partial charge < -0.3 is 15.4 Å². The number of carboxylic acids is 1. The minimum absolute atomic E-state index is 0.0262. The van der Waals surface area contributed by atoms with Crippen LogP contribution >= 0.6 is 11.5 Å². The monoisotopic (exact) mass is 293 g/mol. The molecular weight excluding hydrogens is 282 g/mol. The minimum Gasteiger partial charge on any atom is -0.478 e. The Morgan fingerprint density at radius 2 is 2.10 bits per heavy atom. The zero-order valence-corrected chi connectivity index (χ0v) is 11.5. The molecule has 0 saturated carbocycles. The molecule has 2 heterocycles. The summed E-state index contributed by atoms with van der Waals surface area (Å²) in [6.45, 7) is 2.94. The van der Waals surface area contributed by atoms with Crippen molar-refractivity contribution in [2.75, 3.05) is 5.32 Å². The number of aromatic carboxylic acids is 1. The van der Waals surface area contributed by atoms with E-state index in [9.17, 15) is 14.4 Å². The maximum Gasteiger partial charge on any atom is 0.340 e. The van der Waals surface area contributed by atoms with E-state index in [-0.39, 0.29) is 22.0 Å². The molecule has 0 bridgehead atoms. The van der Waals surface area contributed by atoms with Crippen molar-refractivity contribution in [3.63, 3.8) is 0 Å². The van der Waals surface area contributed by atoms with Crippen molar-refractivity contribution >= 4 is 34.2 Å². The van der Waals surface area contributed by atoms with Gasteiger partial charge in [0.05, 0.1) is 5.69 Å². The smallest absolute Gasteiger partial charge is 0.340 e. The third-order valence-electron chi connectivity index (χ3n) is 2.64. The number of Topliss-reactive ketones (excluding diaryl/α,β-unsaturated/α-hetero) is 1. The first kappa shape index (κ1) is 13.9. The Bertz CT molecular complexity index is 701. The molecule has 0 radical (unpaired) electrons. The first-order valence-corrected chi connectivity index (χ1v) is 6.37. The average Bonchev–Trinajstić information content (AvgIpc) is 2.96. The van der Waals surface area contributed by atoms with Gasteiger partial charge in [-0.15, -0.1) is 0 Å². The highest BCUT2D eigenvalue weighted by Crippen LogP contribution is 2.24. The number of aromatic nitrogens is 2. The van der Waals surface area contributed by atoms with Gasteiger partial charge in [-0.05, 0) is 31.4 Å². The van der Waals surface area contributed by atoms with Gasteiger partial charge in [0.15, 0.2) is 5.78 Å². The zero-order chi connectivity index (χ0) is 14.9. The Balaban J connectivity index is 2.23. The van der Waals surface area contributed by atoms with Crippen molar-refractivity contribution in [3.05, 3.63) is 34.8 Å². The molecule has 0 spiro atoms. The van der Waals surface area contributed by atoms with Crippen LogP contribution in [0, 0.1) is 6.92 Å². The lowest BCUT2D eigenvalue weighted by atomic mass is 10.2. The van der Waals surface area contributed by atoms with E-state index in [2.05, 4.69) is 14.7 Å². The molecule has 104 valence electrons. The van der Waals surface area contributed by atoms with Crippen LogP contribution < -0.4 is 5.32 Å². The number of aromatic amines is 1. The number of hydrogen-bond acceptors (Lipinski definition) is 5. The molecular formula is C12H11N3O4S. The number of anilines is 1. The molecule has 0 saturated heterocycles. The number of rotatable bonds is 4. The van der Waals surface area contributed by atoms with Crippen molar-refractivity contribution in [2.24, 2.45) is 0 Å². The molecule has 3 N–H and O–H groups in total. The Kier molecular flexibility index (Phi) is 3.66. The summed E-state index contributed by atoms with van der Waals surface area (Å²) in [4.78, 5) is 36.9. The predicted molar refractivity (Wildman–Crippen MR) is 72.6 cm³/mol. The highest BCUT2D eigenvalue weighted by molar-refractivity contribution is 7.11. The molecule has 20 heavy (non-hydrogen) atoms. The van der Waals surface area contributed by atoms with Crippen molar-refractivity contribution in [2.45, 2.75) is 13.8 Å². The lowest BCUT2D eigenvalue weighted by molar-refractivity contribution is 0.0697. The summed E-state index contributed by atoms with van der Waals surface area (Å²) in [5.74, 6) is -1.84. The molecule has 0 unspecified atom stereocenters. The number of carbonyl (C=O) groups excluding carboxylic acids is 2. The summed E-state index contributed by atoms with van der Waals surface area (Å²) in [7, 11) is 0. The van der Waals surface area contributed by atoms with Gasteiger partial charge in [0.25, 0.3) is 5.91 Å². The molecule has 0 aliphatic rings. The third-order valence-corrected chi connectivity index (χ3v) is 3.49. The molecule has 2 rings (SSSR count). The average molecular weight is 293 g/mol. The third kappa shape index (κ3) is 2.59. The van der Waals surface area contributed by atoms with Gasteiger partial charge in [-0.1, -0.05) is 0 Å². The van der Waals surface area contributed by atoms with Gasteiger partial charge in [0.1, 0.15) is 16.3 Å². The molecule has 0 aliphatic carbocycles. The molecule has 0 atom stereocenters. The number of aryl methyl sites for hydroxylation is 1. The van der Waals surface area contributed by atoms with Gasteiger partial charge in [-0.25, -0.2) is 4.79 Å². The normalized spacial score (nSPS) is 10.3. The summed E-state index contributed by atoms with van der Waals surface area (Å²) in [5.41, 5.74) is 0.877. The Morgan fingerprint density at radius 1 is 1.40 bits per heavy atom. The summed E-state index contributed by atoms with van der Waals surface area (Å²) >= 11 is 0.897. The van der Waals surface area contributed by atoms with Crippen LogP contribution in [0.5, 0.6) is 0 Å². The number of nitrogens with one attached hydrogen (secondary N) is 2. The SMILES string of the molecule is CC(=O)c1c[nH]c(C(=O)Nc2snc(C)c2C(=O)O)c1. The van der Waals surface area contributed by atoms with Crippen LogP contribution in [0.1, 0.15) is 43.8 Å². The van der Waals surface area contributed by atoms with E-state index >= 15 is 0 Å². The first-order valence-electron chi connectivity index (χ1n) is 5.60. The summed E-state index contributed by atoms with van der Waals surface area (Å²) in [6, 6.07) is 1.41. The summed E-state index contributed by atoms with van der Waals surface area (Å²) in [5, 5.41) is 11.7. The van der Waals surface area contributed by atoms with E-state index < -0.39 is 11.9 Å². The minimum atomic E-state index is -1.15. The van der Waals surface area contributed by atoms with E-state index in [1.807, 2.05) is 0 Å². The topological polar surface area (TPSA) is 112 Å². The maximum atomic E-state index is 12.0. The maximum absolute atomic E-state index is 12.0. The highest BCUT2D eigenvalue weighted by Gasteiger charge is 2.20. The van der Waals surface area contributed by atoms with Crippen molar-refractivity contribution in [3.8, 4) is 0 Å². The molecule has 8 heteroatoms. The number of hydrogen-bond donors (Lipinski definition) is 3.